The lowest BCUT2D eigenvalue weighted by atomic mass is 10.2. The number of urea groups is 1. The predicted octanol–water partition coefficient (Wildman–Crippen LogP) is 5.63. The fourth-order valence-corrected chi connectivity index (χ4v) is 3.92. The smallest absolute Gasteiger partial charge is 0.416 e. The van der Waals surface area contributed by atoms with Gasteiger partial charge in [-0.1, -0.05) is 0 Å². The Morgan fingerprint density at radius 1 is 0.921 bits per heavy atom. The standard InChI is InChI=1S/C26H22F4N6O2/c27-20-13-18(34-25(37)33-17-3-1-16(2-4-17)26(28,29)30)5-8-23(20)38-19-6-7-21-22(14-19)35-24(15-32-21)36-11-9-31-10-12-36/h1-8,13-15,31H,9-12H2,(H2,33,34,37). The van der Waals surface area contributed by atoms with Crippen LogP contribution in [0.4, 0.5) is 39.5 Å². The lowest BCUT2D eigenvalue weighted by Crippen LogP contribution is -2.43. The molecule has 12 heteroatoms. The van der Waals surface area contributed by atoms with E-state index in [4.69, 9.17) is 4.74 Å². The Labute approximate surface area is 214 Å². The van der Waals surface area contributed by atoms with Gasteiger partial charge < -0.3 is 25.6 Å². The third kappa shape index (κ3) is 5.92. The maximum atomic E-state index is 14.7. The van der Waals surface area contributed by atoms with E-state index < -0.39 is 23.6 Å². The van der Waals surface area contributed by atoms with Gasteiger partial charge in [-0.25, -0.2) is 14.2 Å². The van der Waals surface area contributed by atoms with Crippen molar-refractivity contribution in [1.29, 1.82) is 0 Å². The molecule has 0 unspecified atom stereocenters. The van der Waals surface area contributed by atoms with E-state index in [0.29, 0.717) is 16.8 Å². The number of nitrogens with one attached hydrogen (secondary N) is 3. The summed E-state index contributed by atoms with van der Waals surface area (Å²) in [5, 5.41) is 8.12. The molecule has 4 aromatic rings. The second-order valence-corrected chi connectivity index (χ2v) is 8.52. The first-order valence-electron chi connectivity index (χ1n) is 11.7. The van der Waals surface area contributed by atoms with Crippen LogP contribution in [-0.2, 0) is 6.18 Å². The molecule has 0 saturated carbocycles. The van der Waals surface area contributed by atoms with Crippen LogP contribution in [0.5, 0.6) is 11.5 Å². The van der Waals surface area contributed by atoms with Gasteiger partial charge in [0, 0.05) is 49.7 Å². The van der Waals surface area contributed by atoms with Crippen LogP contribution < -0.4 is 25.6 Å². The number of aromatic nitrogens is 2. The highest BCUT2D eigenvalue weighted by Crippen LogP contribution is 2.31. The monoisotopic (exact) mass is 526 g/mol. The van der Waals surface area contributed by atoms with Crippen molar-refractivity contribution in [3.63, 3.8) is 0 Å². The first-order chi connectivity index (χ1) is 18.2. The number of fused-ring (bicyclic) bond motifs is 1. The molecule has 1 aliphatic rings. The minimum atomic E-state index is -4.48. The summed E-state index contributed by atoms with van der Waals surface area (Å²) in [4.78, 5) is 23.5. The molecule has 0 spiro atoms. The summed E-state index contributed by atoms with van der Waals surface area (Å²) in [6.45, 7) is 3.38. The van der Waals surface area contributed by atoms with E-state index in [1.165, 1.54) is 12.1 Å². The first kappa shape index (κ1) is 25.2. The zero-order chi connectivity index (χ0) is 26.7. The molecule has 1 aromatic heterocycles. The van der Waals surface area contributed by atoms with Gasteiger partial charge in [-0.3, -0.25) is 4.98 Å². The van der Waals surface area contributed by atoms with Crippen LogP contribution in [0.1, 0.15) is 5.56 Å². The van der Waals surface area contributed by atoms with Crippen LogP contribution in [0.25, 0.3) is 11.0 Å². The molecule has 196 valence electrons. The third-order valence-electron chi connectivity index (χ3n) is 5.83. The summed E-state index contributed by atoms with van der Waals surface area (Å²) in [5.74, 6) is 0.332. The van der Waals surface area contributed by atoms with Gasteiger partial charge >= 0.3 is 12.2 Å². The van der Waals surface area contributed by atoms with Crippen LogP contribution in [0.15, 0.2) is 66.9 Å². The van der Waals surface area contributed by atoms with E-state index >= 15 is 0 Å². The largest absolute Gasteiger partial charge is 0.454 e. The number of halogens is 4. The highest BCUT2D eigenvalue weighted by molar-refractivity contribution is 5.99. The summed E-state index contributed by atoms with van der Waals surface area (Å²) in [6, 6.07) is 12.2. The van der Waals surface area contributed by atoms with Crippen molar-refractivity contribution in [3.05, 3.63) is 78.2 Å². The zero-order valence-corrected chi connectivity index (χ0v) is 19.8. The minimum absolute atomic E-state index is 0.0655. The van der Waals surface area contributed by atoms with Crippen molar-refractivity contribution in [2.24, 2.45) is 0 Å². The van der Waals surface area contributed by atoms with Crippen molar-refractivity contribution in [1.82, 2.24) is 15.3 Å². The average molecular weight is 526 g/mol. The second kappa shape index (κ2) is 10.5. The molecule has 3 aromatic carbocycles. The number of nitrogens with zero attached hydrogens (tertiary/aromatic N) is 3. The normalized spacial score (nSPS) is 13.8. The fourth-order valence-electron chi connectivity index (χ4n) is 3.92. The minimum Gasteiger partial charge on any atom is -0.454 e. The predicted molar refractivity (Wildman–Crippen MR) is 135 cm³/mol. The number of carbonyl (C=O) groups excluding carboxylic acids is 1. The lowest BCUT2D eigenvalue weighted by molar-refractivity contribution is -0.137. The molecule has 0 bridgehead atoms. The van der Waals surface area contributed by atoms with Gasteiger partial charge in [-0.05, 0) is 48.5 Å². The number of benzene rings is 3. The van der Waals surface area contributed by atoms with Crippen LogP contribution in [0.2, 0.25) is 0 Å². The van der Waals surface area contributed by atoms with E-state index in [-0.39, 0.29) is 17.1 Å². The zero-order valence-electron chi connectivity index (χ0n) is 19.8. The Bertz CT molecular complexity index is 1460. The van der Waals surface area contributed by atoms with Crippen molar-refractivity contribution in [2.45, 2.75) is 6.18 Å². The molecule has 3 N–H and O–H groups in total. The molecule has 0 aliphatic carbocycles. The van der Waals surface area contributed by atoms with Crippen LogP contribution in [-0.4, -0.2) is 42.2 Å². The molecule has 8 nitrogen and oxygen atoms in total. The summed E-state index contributed by atoms with van der Waals surface area (Å²) in [5.41, 5.74) is 0.729. The number of ether oxygens (including phenoxy) is 1. The average Bonchev–Trinajstić information content (AvgIpc) is 2.90. The molecule has 1 saturated heterocycles. The quantitative estimate of drug-likeness (QED) is 0.292. The van der Waals surface area contributed by atoms with Crippen LogP contribution in [0.3, 0.4) is 0 Å². The number of anilines is 3. The summed E-state index contributed by atoms with van der Waals surface area (Å²) >= 11 is 0. The maximum Gasteiger partial charge on any atom is 0.416 e. The molecule has 0 atom stereocenters. The van der Waals surface area contributed by atoms with E-state index in [0.717, 1.165) is 62.3 Å². The first-order valence-corrected chi connectivity index (χ1v) is 11.7. The molecule has 1 aliphatic heterocycles. The number of amides is 2. The van der Waals surface area contributed by atoms with E-state index in [9.17, 15) is 22.4 Å². The van der Waals surface area contributed by atoms with Gasteiger partial charge in [-0.15, -0.1) is 0 Å². The van der Waals surface area contributed by atoms with Crippen molar-refractivity contribution < 1.29 is 27.1 Å². The Balaban J connectivity index is 1.24. The number of alkyl halides is 3. The number of rotatable bonds is 5. The van der Waals surface area contributed by atoms with Gasteiger partial charge in [-0.2, -0.15) is 13.2 Å². The second-order valence-electron chi connectivity index (χ2n) is 8.52. The topological polar surface area (TPSA) is 91.4 Å². The van der Waals surface area contributed by atoms with E-state index in [2.05, 4.69) is 30.8 Å². The van der Waals surface area contributed by atoms with E-state index in [1.54, 1.807) is 24.4 Å². The van der Waals surface area contributed by atoms with E-state index in [1.807, 2.05) is 0 Å². The molecule has 5 rings (SSSR count). The Morgan fingerprint density at radius 3 is 2.34 bits per heavy atom. The Kier molecular flexibility index (Phi) is 6.97. The number of carbonyl (C=O) groups is 1. The van der Waals surface area contributed by atoms with Gasteiger partial charge in [0.25, 0.3) is 0 Å². The summed E-state index contributed by atoms with van der Waals surface area (Å²) < 4.78 is 58.5. The molecule has 38 heavy (non-hydrogen) atoms. The SMILES string of the molecule is O=C(Nc1ccc(C(F)(F)F)cc1)Nc1ccc(Oc2ccc3ncc(N4CCNCC4)nc3c2)c(F)c1. The summed E-state index contributed by atoms with van der Waals surface area (Å²) in [6.07, 6.45) is -2.75. The maximum absolute atomic E-state index is 14.7. The van der Waals surface area contributed by atoms with Gasteiger partial charge in [0.1, 0.15) is 11.6 Å². The molecule has 2 heterocycles. The number of piperazine rings is 1. The molecule has 1 fully saturated rings. The van der Waals surface area contributed by atoms with Crippen molar-refractivity contribution >= 4 is 34.3 Å². The highest BCUT2D eigenvalue weighted by atomic mass is 19.4. The molecule has 2 amide bonds. The lowest BCUT2D eigenvalue weighted by Gasteiger charge is -2.28. The molecular formula is C26H22F4N6O2. The van der Waals surface area contributed by atoms with Gasteiger partial charge in [0.15, 0.2) is 11.6 Å². The Hall–Kier alpha value is -4.45. The van der Waals surface area contributed by atoms with Crippen molar-refractivity contribution in [3.8, 4) is 11.5 Å². The molecular weight excluding hydrogens is 504 g/mol. The van der Waals surface area contributed by atoms with Gasteiger partial charge in [0.2, 0.25) is 0 Å². The fraction of sp³-hybridized carbons (Fsp3) is 0.192. The van der Waals surface area contributed by atoms with Gasteiger partial charge in [0.05, 0.1) is 22.8 Å². The summed E-state index contributed by atoms with van der Waals surface area (Å²) in [7, 11) is 0. The Morgan fingerprint density at radius 2 is 1.63 bits per heavy atom. The van der Waals surface area contributed by atoms with Crippen LogP contribution in [0, 0.1) is 5.82 Å². The molecule has 0 radical (unpaired) electrons. The third-order valence-corrected chi connectivity index (χ3v) is 5.83. The number of hydrogen-bond acceptors (Lipinski definition) is 6. The van der Waals surface area contributed by atoms with Crippen LogP contribution >= 0.6 is 0 Å². The highest BCUT2D eigenvalue weighted by Gasteiger charge is 2.30. The number of hydrogen-bond donors (Lipinski definition) is 3. The van der Waals surface area contributed by atoms with Crippen molar-refractivity contribution in [2.75, 3.05) is 41.7 Å².